The van der Waals surface area contributed by atoms with Crippen molar-refractivity contribution in [3.05, 3.63) is 71.8 Å². The van der Waals surface area contributed by atoms with Crippen molar-refractivity contribution in [2.45, 2.75) is 44.7 Å². The highest BCUT2D eigenvalue weighted by molar-refractivity contribution is 6.06. The highest BCUT2D eigenvalue weighted by Crippen LogP contribution is 2.41. The molecule has 5 nitrogen and oxygen atoms in total. The van der Waals surface area contributed by atoms with E-state index >= 15 is 0 Å². The Bertz CT molecular complexity index is 1150. The number of anilines is 1. The van der Waals surface area contributed by atoms with Crippen molar-refractivity contribution < 1.29 is 14.3 Å². The lowest BCUT2D eigenvalue weighted by Crippen LogP contribution is -2.46. The summed E-state index contributed by atoms with van der Waals surface area (Å²) in [5.74, 6) is 0.225. The van der Waals surface area contributed by atoms with Crippen molar-refractivity contribution >= 4 is 28.3 Å². The fraction of sp³-hybridized carbons (Fsp3) is 0.308. The molecule has 1 unspecified atom stereocenters. The van der Waals surface area contributed by atoms with E-state index in [1.807, 2.05) is 67.6 Å². The van der Waals surface area contributed by atoms with Gasteiger partial charge in [0.15, 0.2) is 6.61 Å². The van der Waals surface area contributed by atoms with Crippen LogP contribution in [0.4, 0.5) is 5.69 Å². The number of amides is 2. The van der Waals surface area contributed by atoms with Crippen LogP contribution in [0.1, 0.15) is 42.9 Å². The van der Waals surface area contributed by atoms with Crippen molar-refractivity contribution in [2.75, 3.05) is 11.5 Å². The molecule has 0 spiro atoms. The molecule has 5 heteroatoms. The van der Waals surface area contributed by atoms with E-state index < -0.39 is 6.04 Å². The molecule has 158 valence electrons. The average molecular weight is 415 g/mol. The number of hydrogen-bond acceptors (Lipinski definition) is 3. The van der Waals surface area contributed by atoms with Gasteiger partial charge in [-0.2, -0.15) is 0 Å². The maximum Gasteiger partial charge on any atom is 0.265 e. The van der Waals surface area contributed by atoms with Crippen LogP contribution >= 0.6 is 0 Å². The summed E-state index contributed by atoms with van der Waals surface area (Å²) in [5.41, 5.74) is 2.43. The van der Waals surface area contributed by atoms with E-state index in [9.17, 15) is 9.59 Å². The second-order valence-electron chi connectivity index (χ2n) is 8.43. The Kier molecular flexibility index (Phi) is 5.10. The van der Waals surface area contributed by atoms with Crippen molar-refractivity contribution in [1.82, 2.24) is 5.32 Å². The summed E-state index contributed by atoms with van der Waals surface area (Å²) < 4.78 is 5.94. The first kappa shape index (κ1) is 19.6. The smallest absolute Gasteiger partial charge is 0.265 e. The lowest BCUT2D eigenvalue weighted by molar-refractivity contribution is -0.127. The van der Waals surface area contributed by atoms with Gasteiger partial charge >= 0.3 is 0 Å². The van der Waals surface area contributed by atoms with Gasteiger partial charge in [0.2, 0.25) is 5.91 Å². The quantitative estimate of drug-likeness (QED) is 0.677. The lowest BCUT2D eigenvalue weighted by Gasteiger charge is -2.32. The predicted octanol–water partition coefficient (Wildman–Crippen LogP) is 4.67. The highest BCUT2D eigenvalue weighted by atomic mass is 16.5. The van der Waals surface area contributed by atoms with Crippen LogP contribution in [0.5, 0.6) is 5.75 Å². The molecular formula is C26H26N2O3. The Morgan fingerprint density at radius 3 is 2.55 bits per heavy atom. The Labute approximate surface area is 182 Å². The van der Waals surface area contributed by atoms with E-state index in [-0.39, 0.29) is 24.5 Å². The molecule has 3 aromatic carbocycles. The Morgan fingerprint density at radius 2 is 1.74 bits per heavy atom. The van der Waals surface area contributed by atoms with Crippen LogP contribution in [-0.2, 0) is 9.59 Å². The summed E-state index contributed by atoms with van der Waals surface area (Å²) in [6.45, 7) is 1.86. The fourth-order valence-corrected chi connectivity index (χ4v) is 4.87. The number of nitrogens with zero attached hydrogens (tertiary/aromatic N) is 1. The SMILES string of the molecule is Cc1ccccc1N1C(=O)COc2ccc3ccccc3c2C1C(=O)NC1CCCC1. The number of aryl methyl sites for hydroxylation is 1. The second kappa shape index (κ2) is 8.06. The number of rotatable bonds is 3. The lowest BCUT2D eigenvalue weighted by atomic mass is 9.95. The van der Waals surface area contributed by atoms with Crippen LogP contribution in [-0.4, -0.2) is 24.5 Å². The number of carbonyl (C=O) groups is 2. The van der Waals surface area contributed by atoms with Crippen molar-refractivity contribution in [3.8, 4) is 5.75 Å². The molecule has 1 N–H and O–H groups in total. The van der Waals surface area contributed by atoms with E-state index in [2.05, 4.69) is 5.32 Å². The molecule has 2 aliphatic rings. The predicted molar refractivity (Wildman–Crippen MR) is 121 cm³/mol. The first-order chi connectivity index (χ1) is 15.1. The molecule has 1 heterocycles. The molecule has 0 radical (unpaired) electrons. The first-order valence-electron chi connectivity index (χ1n) is 11.0. The number of carbonyl (C=O) groups excluding carboxylic acids is 2. The number of para-hydroxylation sites is 1. The molecule has 1 aliphatic heterocycles. The summed E-state index contributed by atoms with van der Waals surface area (Å²) in [5, 5.41) is 5.18. The average Bonchev–Trinajstić information content (AvgIpc) is 3.24. The standard InChI is InChI=1S/C26H26N2O3/c1-17-8-2-7-13-21(17)28-23(29)16-31-22-15-14-18-9-3-6-12-20(18)24(22)25(28)26(30)27-19-10-4-5-11-19/h2-3,6-9,12-15,19,25H,4-5,10-11,16H2,1H3,(H,27,30). The summed E-state index contributed by atoms with van der Waals surface area (Å²) in [6.07, 6.45) is 4.21. The third-order valence-corrected chi connectivity index (χ3v) is 6.41. The van der Waals surface area contributed by atoms with Crippen LogP contribution in [0, 0.1) is 6.92 Å². The molecule has 1 atom stereocenters. The van der Waals surface area contributed by atoms with Gasteiger partial charge in [-0.1, -0.05) is 61.4 Å². The van der Waals surface area contributed by atoms with E-state index in [4.69, 9.17) is 4.74 Å². The van der Waals surface area contributed by atoms with E-state index in [1.165, 1.54) is 0 Å². The van der Waals surface area contributed by atoms with Gasteiger partial charge in [0.1, 0.15) is 11.8 Å². The van der Waals surface area contributed by atoms with E-state index in [1.54, 1.807) is 4.90 Å². The summed E-state index contributed by atoms with van der Waals surface area (Å²) >= 11 is 0. The Morgan fingerprint density at radius 1 is 1.00 bits per heavy atom. The monoisotopic (exact) mass is 414 g/mol. The maximum absolute atomic E-state index is 13.8. The van der Waals surface area contributed by atoms with Crippen LogP contribution < -0.4 is 15.0 Å². The minimum atomic E-state index is -0.794. The van der Waals surface area contributed by atoms with Gasteiger partial charge in [-0.05, 0) is 48.2 Å². The largest absolute Gasteiger partial charge is 0.483 e. The van der Waals surface area contributed by atoms with Gasteiger partial charge in [0.25, 0.3) is 5.91 Å². The molecule has 3 aromatic rings. The Balaban J connectivity index is 1.71. The second-order valence-corrected chi connectivity index (χ2v) is 8.43. The number of fused-ring (bicyclic) bond motifs is 3. The molecular weight excluding hydrogens is 388 g/mol. The van der Waals surface area contributed by atoms with Gasteiger partial charge in [-0.25, -0.2) is 0 Å². The van der Waals surface area contributed by atoms with Crippen molar-refractivity contribution in [3.63, 3.8) is 0 Å². The molecule has 31 heavy (non-hydrogen) atoms. The minimum absolute atomic E-state index is 0.104. The zero-order valence-corrected chi connectivity index (χ0v) is 17.6. The molecule has 1 saturated carbocycles. The summed E-state index contributed by atoms with van der Waals surface area (Å²) in [4.78, 5) is 28.8. The van der Waals surface area contributed by atoms with Gasteiger partial charge in [0, 0.05) is 17.3 Å². The zero-order chi connectivity index (χ0) is 21.4. The third-order valence-electron chi connectivity index (χ3n) is 6.41. The molecule has 1 fully saturated rings. The molecule has 0 bridgehead atoms. The normalized spacial score (nSPS) is 19.1. The van der Waals surface area contributed by atoms with Crippen molar-refractivity contribution in [2.24, 2.45) is 0 Å². The molecule has 1 aliphatic carbocycles. The van der Waals surface area contributed by atoms with Gasteiger partial charge < -0.3 is 10.1 Å². The van der Waals surface area contributed by atoms with Gasteiger partial charge in [-0.15, -0.1) is 0 Å². The molecule has 5 rings (SSSR count). The number of nitrogens with one attached hydrogen (secondary N) is 1. The van der Waals surface area contributed by atoms with E-state index in [0.717, 1.165) is 53.3 Å². The third kappa shape index (κ3) is 3.54. The van der Waals surface area contributed by atoms with Crippen molar-refractivity contribution in [1.29, 1.82) is 0 Å². The van der Waals surface area contributed by atoms with Crippen LogP contribution in [0.3, 0.4) is 0 Å². The van der Waals surface area contributed by atoms with Crippen LogP contribution in [0.2, 0.25) is 0 Å². The maximum atomic E-state index is 13.8. The first-order valence-corrected chi connectivity index (χ1v) is 11.0. The number of ether oxygens (including phenoxy) is 1. The van der Waals surface area contributed by atoms with Gasteiger partial charge in [-0.3, -0.25) is 14.5 Å². The summed E-state index contributed by atoms with van der Waals surface area (Å²) in [7, 11) is 0. The molecule has 0 aromatic heterocycles. The number of hydrogen-bond donors (Lipinski definition) is 1. The van der Waals surface area contributed by atoms with Crippen LogP contribution in [0.25, 0.3) is 10.8 Å². The highest BCUT2D eigenvalue weighted by Gasteiger charge is 2.39. The summed E-state index contributed by atoms with van der Waals surface area (Å²) in [6, 6.07) is 18.9. The molecule has 2 amide bonds. The van der Waals surface area contributed by atoms with Gasteiger partial charge in [0.05, 0.1) is 0 Å². The topological polar surface area (TPSA) is 58.6 Å². The zero-order valence-electron chi connectivity index (χ0n) is 17.6. The number of benzene rings is 3. The van der Waals surface area contributed by atoms with E-state index in [0.29, 0.717) is 5.75 Å². The fourth-order valence-electron chi connectivity index (χ4n) is 4.87. The van der Waals surface area contributed by atoms with Crippen LogP contribution in [0.15, 0.2) is 60.7 Å². The minimum Gasteiger partial charge on any atom is -0.483 e. The Hall–Kier alpha value is -3.34. The molecule has 0 saturated heterocycles.